The first-order valence-corrected chi connectivity index (χ1v) is 5.20. The fourth-order valence-corrected chi connectivity index (χ4v) is 1.67. The van der Waals surface area contributed by atoms with Crippen LogP contribution in [0.25, 0.3) is 0 Å². The van der Waals surface area contributed by atoms with Gasteiger partial charge in [0.15, 0.2) is 0 Å². The van der Waals surface area contributed by atoms with Gasteiger partial charge in [-0.2, -0.15) is 5.10 Å². The summed E-state index contributed by atoms with van der Waals surface area (Å²) < 4.78 is 0. The first-order valence-electron chi connectivity index (χ1n) is 5.20. The van der Waals surface area contributed by atoms with Crippen LogP contribution in [0.3, 0.4) is 0 Å². The second-order valence-corrected chi connectivity index (χ2v) is 3.83. The summed E-state index contributed by atoms with van der Waals surface area (Å²) in [6, 6.07) is 7.22. The number of rotatable bonds is 3. The molecule has 3 N–H and O–H groups in total. The predicted molar refractivity (Wildman–Crippen MR) is 63.5 cm³/mol. The molecule has 0 saturated carbocycles. The molecule has 4 nitrogen and oxygen atoms in total. The summed E-state index contributed by atoms with van der Waals surface area (Å²) in [5, 5.41) is 19.7. The molecule has 2 aromatic rings. The van der Waals surface area contributed by atoms with E-state index in [0.29, 0.717) is 12.3 Å². The molecule has 0 aliphatic carbocycles. The Morgan fingerprint density at radius 2 is 2.19 bits per heavy atom. The molecule has 1 heterocycles. The van der Waals surface area contributed by atoms with E-state index < -0.39 is 0 Å². The topological polar surface area (TPSA) is 60.9 Å². The minimum Gasteiger partial charge on any atom is -0.508 e. The number of H-pyrrole nitrogens is 1. The van der Waals surface area contributed by atoms with Gasteiger partial charge in [0.25, 0.3) is 0 Å². The SMILES string of the molecule is Cc1n[nH]c(C)c1NCc1cccc(O)c1. The quantitative estimate of drug-likeness (QED) is 0.739. The van der Waals surface area contributed by atoms with E-state index in [1.807, 2.05) is 26.0 Å². The van der Waals surface area contributed by atoms with Gasteiger partial charge < -0.3 is 10.4 Å². The molecule has 0 saturated heterocycles. The van der Waals surface area contributed by atoms with E-state index in [2.05, 4.69) is 15.5 Å². The van der Waals surface area contributed by atoms with Crippen molar-refractivity contribution in [2.24, 2.45) is 0 Å². The van der Waals surface area contributed by atoms with Crippen molar-refractivity contribution in [1.82, 2.24) is 10.2 Å². The summed E-state index contributed by atoms with van der Waals surface area (Å²) in [5.74, 6) is 0.292. The van der Waals surface area contributed by atoms with Crippen LogP contribution >= 0.6 is 0 Å². The van der Waals surface area contributed by atoms with Gasteiger partial charge >= 0.3 is 0 Å². The number of aromatic nitrogens is 2. The number of anilines is 1. The average molecular weight is 217 g/mol. The molecular weight excluding hydrogens is 202 g/mol. The van der Waals surface area contributed by atoms with Crippen molar-refractivity contribution in [2.45, 2.75) is 20.4 Å². The number of benzene rings is 1. The molecule has 2 rings (SSSR count). The number of hydrogen-bond acceptors (Lipinski definition) is 3. The fourth-order valence-electron chi connectivity index (χ4n) is 1.67. The zero-order valence-corrected chi connectivity index (χ0v) is 9.41. The molecule has 0 atom stereocenters. The largest absolute Gasteiger partial charge is 0.508 e. The van der Waals surface area contributed by atoms with Crippen LogP contribution in [-0.2, 0) is 6.54 Å². The lowest BCUT2D eigenvalue weighted by Crippen LogP contribution is -2.00. The summed E-state index contributed by atoms with van der Waals surface area (Å²) in [7, 11) is 0. The molecule has 16 heavy (non-hydrogen) atoms. The lowest BCUT2D eigenvalue weighted by molar-refractivity contribution is 0.474. The molecule has 0 unspecified atom stereocenters. The first-order chi connectivity index (χ1) is 7.66. The van der Waals surface area contributed by atoms with E-state index in [4.69, 9.17) is 0 Å². The maximum absolute atomic E-state index is 9.33. The number of hydrogen-bond donors (Lipinski definition) is 3. The highest BCUT2D eigenvalue weighted by Gasteiger charge is 2.05. The third kappa shape index (κ3) is 2.16. The molecule has 0 bridgehead atoms. The average Bonchev–Trinajstić information content (AvgIpc) is 2.56. The smallest absolute Gasteiger partial charge is 0.115 e. The number of phenols is 1. The highest BCUT2D eigenvalue weighted by atomic mass is 16.3. The van der Waals surface area contributed by atoms with Gasteiger partial charge in [0, 0.05) is 6.54 Å². The molecule has 1 aromatic carbocycles. The number of nitrogens with zero attached hydrogens (tertiary/aromatic N) is 1. The molecule has 0 aliphatic rings. The predicted octanol–water partition coefficient (Wildman–Crippen LogP) is 2.34. The van der Waals surface area contributed by atoms with Crippen molar-refractivity contribution < 1.29 is 5.11 Å². The second kappa shape index (κ2) is 4.26. The summed E-state index contributed by atoms with van der Waals surface area (Å²) in [5.41, 5.74) is 4.05. The van der Waals surface area contributed by atoms with Gasteiger partial charge in [0.05, 0.1) is 17.1 Å². The standard InChI is InChI=1S/C12H15N3O/c1-8-12(9(2)15-14-8)13-7-10-4-3-5-11(16)6-10/h3-6,13,16H,7H2,1-2H3,(H,14,15). The Labute approximate surface area is 94.3 Å². The molecule has 84 valence electrons. The van der Waals surface area contributed by atoms with Crippen molar-refractivity contribution in [1.29, 1.82) is 0 Å². The third-order valence-electron chi connectivity index (χ3n) is 2.51. The van der Waals surface area contributed by atoms with E-state index in [1.165, 1.54) is 0 Å². The van der Waals surface area contributed by atoms with E-state index >= 15 is 0 Å². The van der Waals surface area contributed by atoms with Gasteiger partial charge in [-0.05, 0) is 31.5 Å². The van der Waals surface area contributed by atoms with Gasteiger partial charge in [-0.3, -0.25) is 5.10 Å². The zero-order valence-electron chi connectivity index (χ0n) is 9.41. The lowest BCUT2D eigenvalue weighted by atomic mass is 10.2. The molecule has 0 spiro atoms. The van der Waals surface area contributed by atoms with Crippen LogP contribution in [0.2, 0.25) is 0 Å². The number of aromatic hydroxyl groups is 1. The highest BCUT2D eigenvalue weighted by molar-refractivity contribution is 5.51. The van der Waals surface area contributed by atoms with Gasteiger partial charge in [-0.15, -0.1) is 0 Å². The van der Waals surface area contributed by atoms with Crippen LogP contribution in [0.15, 0.2) is 24.3 Å². The van der Waals surface area contributed by atoms with Crippen molar-refractivity contribution in [3.63, 3.8) is 0 Å². The van der Waals surface area contributed by atoms with E-state index in [1.54, 1.807) is 12.1 Å². The summed E-state index contributed by atoms with van der Waals surface area (Å²) >= 11 is 0. The van der Waals surface area contributed by atoms with Crippen LogP contribution in [0.4, 0.5) is 5.69 Å². The Balaban J connectivity index is 2.08. The van der Waals surface area contributed by atoms with E-state index in [-0.39, 0.29) is 0 Å². The Hall–Kier alpha value is -1.97. The minimum absolute atomic E-state index is 0.292. The normalized spacial score (nSPS) is 10.4. The molecule has 0 fully saturated rings. The van der Waals surface area contributed by atoms with Crippen LogP contribution < -0.4 is 5.32 Å². The Kier molecular flexibility index (Phi) is 2.81. The summed E-state index contributed by atoms with van der Waals surface area (Å²) in [6.45, 7) is 4.61. The maximum Gasteiger partial charge on any atom is 0.115 e. The van der Waals surface area contributed by atoms with Crippen molar-refractivity contribution in [3.8, 4) is 5.75 Å². The molecule has 0 amide bonds. The lowest BCUT2D eigenvalue weighted by Gasteiger charge is -2.06. The number of aromatic amines is 1. The molecule has 0 radical (unpaired) electrons. The van der Waals surface area contributed by atoms with Crippen LogP contribution in [0.5, 0.6) is 5.75 Å². The van der Waals surface area contributed by atoms with Crippen molar-refractivity contribution in [2.75, 3.05) is 5.32 Å². The van der Waals surface area contributed by atoms with Crippen molar-refractivity contribution >= 4 is 5.69 Å². The zero-order chi connectivity index (χ0) is 11.5. The van der Waals surface area contributed by atoms with Gasteiger partial charge in [0.2, 0.25) is 0 Å². The Bertz CT molecular complexity index is 471. The van der Waals surface area contributed by atoms with E-state index in [0.717, 1.165) is 22.6 Å². The second-order valence-electron chi connectivity index (χ2n) is 3.83. The first kappa shape index (κ1) is 10.5. The number of aryl methyl sites for hydroxylation is 2. The Morgan fingerprint density at radius 3 is 2.81 bits per heavy atom. The number of nitrogens with one attached hydrogen (secondary N) is 2. The minimum atomic E-state index is 0.292. The van der Waals surface area contributed by atoms with Crippen LogP contribution in [0.1, 0.15) is 17.0 Å². The molecular formula is C12H15N3O. The molecule has 1 aromatic heterocycles. The van der Waals surface area contributed by atoms with Crippen LogP contribution in [0, 0.1) is 13.8 Å². The van der Waals surface area contributed by atoms with Crippen LogP contribution in [-0.4, -0.2) is 15.3 Å². The van der Waals surface area contributed by atoms with Gasteiger partial charge in [0.1, 0.15) is 5.75 Å². The summed E-state index contributed by atoms with van der Waals surface area (Å²) in [6.07, 6.45) is 0. The monoisotopic (exact) mass is 217 g/mol. The fraction of sp³-hybridized carbons (Fsp3) is 0.250. The van der Waals surface area contributed by atoms with Crippen molar-refractivity contribution in [3.05, 3.63) is 41.2 Å². The van der Waals surface area contributed by atoms with Gasteiger partial charge in [-0.1, -0.05) is 12.1 Å². The summed E-state index contributed by atoms with van der Waals surface area (Å²) in [4.78, 5) is 0. The third-order valence-corrected chi connectivity index (χ3v) is 2.51. The molecule has 4 heteroatoms. The highest BCUT2D eigenvalue weighted by Crippen LogP contribution is 2.18. The maximum atomic E-state index is 9.33. The molecule has 0 aliphatic heterocycles. The Morgan fingerprint density at radius 1 is 1.38 bits per heavy atom. The van der Waals surface area contributed by atoms with E-state index in [9.17, 15) is 5.11 Å². The van der Waals surface area contributed by atoms with Gasteiger partial charge in [-0.25, -0.2) is 0 Å². The number of phenolic OH excluding ortho intramolecular Hbond substituents is 1.